The molecule has 1 fully saturated rings. The number of rotatable bonds is 11. The van der Waals surface area contributed by atoms with Crippen LogP contribution < -0.4 is 10.6 Å². The second-order valence-electron chi connectivity index (χ2n) is 6.24. The normalized spacial score (nSPS) is 17.8. The Morgan fingerprint density at radius 3 is 3.04 bits per heavy atom. The average molecular weight is 369 g/mol. The van der Waals surface area contributed by atoms with Gasteiger partial charge in [-0.05, 0) is 46.0 Å². The SMILES string of the molecule is CCNC(=NCCCOC1CCOC1)NCCCCc1nc(C)cs1. The van der Waals surface area contributed by atoms with E-state index in [1.165, 1.54) is 5.01 Å². The Kier molecular flexibility index (Phi) is 9.84. The van der Waals surface area contributed by atoms with E-state index in [1.807, 2.05) is 6.92 Å². The van der Waals surface area contributed by atoms with E-state index in [9.17, 15) is 0 Å². The average Bonchev–Trinajstić information content (AvgIpc) is 3.26. The van der Waals surface area contributed by atoms with Gasteiger partial charge in [0.15, 0.2) is 5.96 Å². The molecule has 0 bridgehead atoms. The number of aryl methyl sites for hydroxylation is 2. The van der Waals surface area contributed by atoms with Gasteiger partial charge in [0, 0.05) is 43.9 Å². The molecule has 1 aromatic rings. The van der Waals surface area contributed by atoms with E-state index in [1.54, 1.807) is 11.3 Å². The number of nitrogens with one attached hydrogen (secondary N) is 2. The van der Waals surface area contributed by atoms with Crippen molar-refractivity contribution in [2.75, 3.05) is 39.5 Å². The predicted octanol–water partition coefficient (Wildman–Crippen LogP) is 2.52. The van der Waals surface area contributed by atoms with E-state index in [2.05, 4.69) is 32.9 Å². The van der Waals surface area contributed by atoms with Crippen molar-refractivity contribution in [1.29, 1.82) is 0 Å². The highest BCUT2D eigenvalue weighted by Crippen LogP contribution is 2.11. The minimum atomic E-state index is 0.289. The fourth-order valence-electron chi connectivity index (χ4n) is 2.62. The third-order valence-corrected chi connectivity index (χ3v) is 4.96. The van der Waals surface area contributed by atoms with Crippen LogP contribution in [0.3, 0.4) is 0 Å². The lowest BCUT2D eigenvalue weighted by Gasteiger charge is -2.12. The summed E-state index contributed by atoms with van der Waals surface area (Å²) in [6, 6.07) is 0. The molecule has 142 valence electrons. The number of hydrogen-bond donors (Lipinski definition) is 2. The first-order chi connectivity index (χ1) is 12.3. The van der Waals surface area contributed by atoms with Gasteiger partial charge in [-0.25, -0.2) is 4.98 Å². The van der Waals surface area contributed by atoms with Gasteiger partial charge in [-0.3, -0.25) is 4.99 Å². The van der Waals surface area contributed by atoms with Gasteiger partial charge in [0.05, 0.1) is 17.7 Å². The summed E-state index contributed by atoms with van der Waals surface area (Å²) in [5.41, 5.74) is 1.13. The number of nitrogens with zero attached hydrogens (tertiary/aromatic N) is 2. The highest BCUT2D eigenvalue weighted by molar-refractivity contribution is 7.09. The molecule has 1 aliphatic heterocycles. The van der Waals surface area contributed by atoms with E-state index in [0.29, 0.717) is 0 Å². The molecule has 1 unspecified atom stereocenters. The Balaban J connectivity index is 1.53. The maximum Gasteiger partial charge on any atom is 0.191 e. The van der Waals surface area contributed by atoms with Gasteiger partial charge < -0.3 is 20.1 Å². The maximum absolute atomic E-state index is 5.76. The lowest BCUT2D eigenvalue weighted by molar-refractivity contribution is 0.0424. The number of thiazole rings is 1. The number of ether oxygens (including phenoxy) is 2. The first-order valence-corrected chi connectivity index (χ1v) is 10.3. The molecule has 1 saturated heterocycles. The molecule has 7 heteroatoms. The largest absolute Gasteiger partial charge is 0.379 e. The van der Waals surface area contributed by atoms with Crippen molar-refractivity contribution in [3.05, 3.63) is 16.1 Å². The molecular formula is C18H32N4O2S. The monoisotopic (exact) mass is 368 g/mol. The molecule has 1 atom stereocenters. The lowest BCUT2D eigenvalue weighted by atomic mass is 10.2. The molecule has 25 heavy (non-hydrogen) atoms. The summed E-state index contributed by atoms with van der Waals surface area (Å²) < 4.78 is 11.1. The molecule has 2 rings (SSSR count). The second-order valence-corrected chi connectivity index (χ2v) is 7.18. The number of hydrogen-bond acceptors (Lipinski definition) is 5. The molecular weight excluding hydrogens is 336 g/mol. The lowest BCUT2D eigenvalue weighted by Crippen LogP contribution is -2.38. The van der Waals surface area contributed by atoms with Crippen molar-refractivity contribution in [2.45, 2.75) is 52.1 Å². The van der Waals surface area contributed by atoms with Crippen LogP contribution in [0.25, 0.3) is 0 Å². The second kappa shape index (κ2) is 12.2. The van der Waals surface area contributed by atoms with Crippen LogP contribution in [0.4, 0.5) is 0 Å². The molecule has 1 aromatic heterocycles. The third-order valence-electron chi connectivity index (χ3n) is 3.93. The van der Waals surface area contributed by atoms with Crippen LogP contribution in [-0.4, -0.2) is 56.5 Å². The zero-order chi connectivity index (χ0) is 17.7. The van der Waals surface area contributed by atoms with Gasteiger partial charge in [-0.2, -0.15) is 0 Å². The van der Waals surface area contributed by atoms with Crippen molar-refractivity contribution < 1.29 is 9.47 Å². The Morgan fingerprint density at radius 2 is 2.32 bits per heavy atom. The van der Waals surface area contributed by atoms with E-state index in [4.69, 9.17) is 9.47 Å². The quantitative estimate of drug-likeness (QED) is 0.357. The Labute approximate surface area is 155 Å². The van der Waals surface area contributed by atoms with Gasteiger partial charge in [-0.15, -0.1) is 11.3 Å². The minimum Gasteiger partial charge on any atom is -0.379 e. The molecule has 0 radical (unpaired) electrons. The zero-order valence-corrected chi connectivity index (χ0v) is 16.4. The zero-order valence-electron chi connectivity index (χ0n) is 15.6. The number of guanidine groups is 1. The van der Waals surface area contributed by atoms with Crippen molar-refractivity contribution in [3.63, 3.8) is 0 Å². The van der Waals surface area contributed by atoms with Gasteiger partial charge in [0.1, 0.15) is 0 Å². The van der Waals surface area contributed by atoms with Crippen LogP contribution in [0.1, 0.15) is 43.3 Å². The standard InChI is InChI=1S/C18H32N4O2S/c1-3-19-18(21-10-6-11-24-16-8-12-23-13-16)20-9-5-4-7-17-22-15(2)14-25-17/h14,16H,3-13H2,1-2H3,(H2,19,20,21). The van der Waals surface area contributed by atoms with E-state index >= 15 is 0 Å². The number of aliphatic imine (C=N–C) groups is 1. The molecule has 2 heterocycles. The Bertz CT molecular complexity index is 501. The van der Waals surface area contributed by atoms with Crippen LogP contribution in [0.2, 0.25) is 0 Å². The van der Waals surface area contributed by atoms with Crippen molar-refractivity contribution >= 4 is 17.3 Å². The molecule has 0 aliphatic carbocycles. The van der Waals surface area contributed by atoms with E-state index < -0.39 is 0 Å². The summed E-state index contributed by atoms with van der Waals surface area (Å²) in [7, 11) is 0. The van der Waals surface area contributed by atoms with Crippen LogP contribution in [0.5, 0.6) is 0 Å². The molecule has 2 N–H and O–H groups in total. The van der Waals surface area contributed by atoms with Gasteiger partial charge in [-0.1, -0.05) is 0 Å². The van der Waals surface area contributed by atoms with Gasteiger partial charge in [0.2, 0.25) is 0 Å². The van der Waals surface area contributed by atoms with Crippen molar-refractivity contribution in [1.82, 2.24) is 15.6 Å². The molecule has 1 aliphatic rings. The Morgan fingerprint density at radius 1 is 1.40 bits per heavy atom. The number of aromatic nitrogens is 1. The third kappa shape index (κ3) is 8.65. The van der Waals surface area contributed by atoms with Crippen LogP contribution >= 0.6 is 11.3 Å². The summed E-state index contributed by atoms with van der Waals surface area (Å²) in [6.45, 7) is 9.06. The summed E-state index contributed by atoms with van der Waals surface area (Å²) in [5.74, 6) is 0.900. The minimum absolute atomic E-state index is 0.289. The number of unbranched alkanes of at least 4 members (excludes halogenated alkanes) is 1. The van der Waals surface area contributed by atoms with E-state index in [-0.39, 0.29) is 6.10 Å². The van der Waals surface area contributed by atoms with Crippen LogP contribution in [-0.2, 0) is 15.9 Å². The Hall–Kier alpha value is -1.18. The topological polar surface area (TPSA) is 67.8 Å². The van der Waals surface area contributed by atoms with Crippen molar-refractivity contribution in [2.24, 2.45) is 4.99 Å². The van der Waals surface area contributed by atoms with Crippen LogP contribution in [0.15, 0.2) is 10.4 Å². The summed E-state index contributed by atoms with van der Waals surface area (Å²) in [4.78, 5) is 9.11. The van der Waals surface area contributed by atoms with Crippen LogP contribution in [0, 0.1) is 6.92 Å². The summed E-state index contributed by atoms with van der Waals surface area (Å²) in [5, 5.41) is 10.1. The molecule has 6 nitrogen and oxygen atoms in total. The van der Waals surface area contributed by atoms with Gasteiger partial charge >= 0.3 is 0 Å². The van der Waals surface area contributed by atoms with Gasteiger partial charge in [0.25, 0.3) is 0 Å². The summed E-state index contributed by atoms with van der Waals surface area (Å²) in [6.07, 6.45) is 5.59. The molecule has 0 saturated carbocycles. The molecule has 0 spiro atoms. The van der Waals surface area contributed by atoms with E-state index in [0.717, 1.165) is 83.2 Å². The molecule has 0 aromatic carbocycles. The first kappa shape index (κ1) is 20.1. The predicted molar refractivity (Wildman–Crippen MR) is 104 cm³/mol. The first-order valence-electron chi connectivity index (χ1n) is 9.40. The fraction of sp³-hybridized carbons (Fsp3) is 0.778. The molecule has 0 amide bonds. The smallest absolute Gasteiger partial charge is 0.191 e. The fourth-order valence-corrected chi connectivity index (χ4v) is 3.44. The maximum atomic E-state index is 5.76. The highest BCUT2D eigenvalue weighted by Gasteiger charge is 2.15. The van der Waals surface area contributed by atoms with Crippen molar-refractivity contribution in [3.8, 4) is 0 Å². The highest BCUT2D eigenvalue weighted by atomic mass is 32.1. The summed E-state index contributed by atoms with van der Waals surface area (Å²) >= 11 is 1.76.